The second-order valence-electron chi connectivity index (χ2n) is 2.84. The van der Waals surface area contributed by atoms with Gasteiger partial charge in [0.1, 0.15) is 0 Å². The minimum absolute atomic E-state index is 0.0398. The summed E-state index contributed by atoms with van der Waals surface area (Å²) in [4.78, 5) is 2.57. The summed E-state index contributed by atoms with van der Waals surface area (Å²) in [5.41, 5.74) is 5.16. The second kappa shape index (κ2) is 7.18. The van der Waals surface area contributed by atoms with E-state index in [1.807, 2.05) is 6.92 Å². The van der Waals surface area contributed by atoms with Gasteiger partial charge in [0, 0.05) is 12.6 Å². The standard InChI is InChI=1S/C7H17ClN4/c1-6(12-7(9)10)4-2-3-5-11-8/h6,11H,2-5H2,1H3,(H4,9,10,12). The average Bonchev–Trinajstić information content (AvgIpc) is 1.97. The zero-order valence-electron chi connectivity index (χ0n) is 7.36. The van der Waals surface area contributed by atoms with E-state index in [-0.39, 0.29) is 12.0 Å². The molecule has 0 spiro atoms. The summed E-state index contributed by atoms with van der Waals surface area (Å²) in [6, 6.07) is 0.276. The quantitative estimate of drug-likeness (QED) is 0.217. The molecule has 0 saturated carbocycles. The van der Waals surface area contributed by atoms with Gasteiger partial charge in [-0.1, -0.05) is 6.42 Å². The third-order valence-corrected chi connectivity index (χ3v) is 1.75. The summed E-state index contributed by atoms with van der Waals surface area (Å²) in [6.07, 6.45) is 3.15. The molecule has 5 N–H and O–H groups in total. The number of hydrogen-bond acceptors (Lipinski definition) is 2. The molecule has 0 rings (SSSR count). The van der Waals surface area contributed by atoms with Crippen LogP contribution < -0.4 is 15.9 Å². The topological polar surface area (TPSA) is 73.9 Å². The fourth-order valence-corrected chi connectivity index (χ4v) is 1.11. The molecule has 72 valence electrons. The molecular formula is C7H17ClN4. The molecule has 12 heavy (non-hydrogen) atoms. The zero-order valence-corrected chi connectivity index (χ0v) is 8.12. The summed E-state index contributed by atoms with van der Waals surface area (Å²) >= 11 is 5.28. The Morgan fingerprint density at radius 3 is 2.75 bits per heavy atom. The molecule has 0 aliphatic carbocycles. The van der Waals surface area contributed by atoms with Crippen molar-refractivity contribution in [2.24, 2.45) is 5.73 Å². The van der Waals surface area contributed by atoms with E-state index < -0.39 is 0 Å². The third kappa shape index (κ3) is 7.63. The molecule has 0 fully saturated rings. The van der Waals surface area contributed by atoms with Crippen molar-refractivity contribution in [3.05, 3.63) is 0 Å². The summed E-state index contributed by atoms with van der Waals surface area (Å²) in [6.45, 7) is 2.84. The van der Waals surface area contributed by atoms with Gasteiger partial charge >= 0.3 is 0 Å². The highest BCUT2D eigenvalue weighted by Gasteiger charge is 2.00. The second-order valence-corrected chi connectivity index (χ2v) is 3.11. The Labute approximate surface area is 78.5 Å². The summed E-state index contributed by atoms with van der Waals surface area (Å²) in [5.74, 6) is 0.0398. The maximum Gasteiger partial charge on any atom is 0.185 e. The van der Waals surface area contributed by atoms with Crippen LogP contribution in [0.25, 0.3) is 0 Å². The predicted octanol–water partition coefficient (Wildman–Crippen LogP) is 0.772. The number of hydrogen-bond donors (Lipinski definition) is 4. The van der Waals surface area contributed by atoms with Crippen molar-refractivity contribution in [2.45, 2.75) is 32.2 Å². The van der Waals surface area contributed by atoms with Crippen molar-refractivity contribution in [1.82, 2.24) is 10.2 Å². The number of unbranched alkanes of at least 4 members (excludes halogenated alkanes) is 1. The highest BCUT2D eigenvalue weighted by molar-refractivity contribution is 6.13. The molecule has 0 aromatic carbocycles. The Kier molecular flexibility index (Phi) is 6.90. The third-order valence-electron chi connectivity index (χ3n) is 1.56. The zero-order chi connectivity index (χ0) is 9.40. The van der Waals surface area contributed by atoms with E-state index in [1.54, 1.807) is 0 Å². The van der Waals surface area contributed by atoms with Crippen molar-refractivity contribution >= 4 is 17.7 Å². The molecule has 0 amide bonds. The predicted molar refractivity (Wildman–Crippen MR) is 52.2 cm³/mol. The fourth-order valence-electron chi connectivity index (χ4n) is 0.980. The van der Waals surface area contributed by atoms with Crippen LogP contribution in [0.3, 0.4) is 0 Å². The Morgan fingerprint density at radius 1 is 1.58 bits per heavy atom. The highest BCUT2D eigenvalue weighted by Crippen LogP contribution is 1.99. The van der Waals surface area contributed by atoms with Crippen LogP contribution in [0.2, 0.25) is 0 Å². The number of rotatable bonds is 6. The molecule has 0 heterocycles. The van der Waals surface area contributed by atoms with E-state index in [1.165, 1.54) is 0 Å². The fraction of sp³-hybridized carbons (Fsp3) is 0.857. The minimum atomic E-state index is 0.0398. The van der Waals surface area contributed by atoms with Gasteiger partial charge in [0.05, 0.1) is 0 Å². The Balaban J connectivity index is 3.19. The normalized spacial score (nSPS) is 12.5. The van der Waals surface area contributed by atoms with E-state index in [0.717, 1.165) is 25.8 Å². The Hall–Kier alpha value is -0.480. The summed E-state index contributed by atoms with van der Waals surface area (Å²) in [5, 5.41) is 9.80. The number of guanidine groups is 1. The lowest BCUT2D eigenvalue weighted by atomic mass is 10.1. The molecule has 5 heteroatoms. The molecule has 1 unspecified atom stereocenters. The lowest BCUT2D eigenvalue weighted by Crippen LogP contribution is -2.37. The first-order valence-electron chi connectivity index (χ1n) is 4.11. The maximum absolute atomic E-state index is 6.97. The first-order chi connectivity index (χ1) is 5.66. The van der Waals surface area contributed by atoms with Crippen LogP contribution in [0, 0.1) is 5.41 Å². The van der Waals surface area contributed by atoms with E-state index in [4.69, 9.17) is 22.9 Å². The Bertz CT molecular complexity index is 129. The van der Waals surface area contributed by atoms with Gasteiger partial charge in [-0.2, -0.15) is 0 Å². The van der Waals surface area contributed by atoms with Gasteiger partial charge in [-0.25, -0.2) is 4.84 Å². The summed E-state index contributed by atoms with van der Waals surface area (Å²) < 4.78 is 0. The van der Waals surface area contributed by atoms with Gasteiger partial charge in [0.2, 0.25) is 0 Å². The van der Waals surface area contributed by atoms with E-state index >= 15 is 0 Å². The first kappa shape index (κ1) is 11.5. The highest BCUT2D eigenvalue weighted by atomic mass is 35.5. The Morgan fingerprint density at radius 2 is 2.25 bits per heavy atom. The molecule has 0 radical (unpaired) electrons. The molecule has 0 saturated heterocycles. The molecule has 0 aromatic rings. The van der Waals surface area contributed by atoms with Crippen molar-refractivity contribution < 1.29 is 0 Å². The van der Waals surface area contributed by atoms with Crippen molar-refractivity contribution in [2.75, 3.05) is 6.54 Å². The van der Waals surface area contributed by atoms with Crippen LogP contribution in [-0.2, 0) is 0 Å². The largest absolute Gasteiger partial charge is 0.370 e. The van der Waals surface area contributed by atoms with Gasteiger partial charge in [0.25, 0.3) is 0 Å². The van der Waals surface area contributed by atoms with Crippen LogP contribution >= 0.6 is 11.8 Å². The van der Waals surface area contributed by atoms with E-state index in [2.05, 4.69) is 10.2 Å². The van der Waals surface area contributed by atoms with E-state index in [9.17, 15) is 0 Å². The van der Waals surface area contributed by atoms with Crippen LogP contribution in [0.15, 0.2) is 0 Å². The molecule has 4 nitrogen and oxygen atoms in total. The van der Waals surface area contributed by atoms with Gasteiger partial charge < -0.3 is 11.1 Å². The number of halogens is 1. The molecular weight excluding hydrogens is 176 g/mol. The van der Waals surface area contributed by atoms with Crippen LogP contribution in [0.4, 0.5) is 0 Å². The molecule has 0 aliphatic heterocycles. The molecule has 0 aliphatic rings. The number of nitrogens with two attached hydrogens (primary N) is 1. The van der Waals surface area contributed by atoms with Crippen molar-refractivity contribution in [3.63, 3.8) is 0 Å². The minimum Gasteiger partial charge on any atom is -0.370 e. The maximum atomic E-state index is 6.97. The average molecular weight is 193 g/mol. The smallest absolute Gasteiger partial charge is 0.185 e. The van der Waals surface area contributed by atoms with Gasteiger partial charge in [-0.15, -0.1) is 0 Å². The van der Waals surface area contributed by atoms with Crippen molar-refractivity contribution in [1.29, 1.82) is 5.41 Å². The lowest BCUT2D eigenvalue weighted by molar-refractivity contribution is 0.555. The summed E-state index contributed by atoms with van der Waals surface area (Å²) in [7, 11) is 0. The lowest BCUT2D eigenvalue weighted by Gasteiger charge is -2.12. The van der Waals surface area contributed by atoms with Crippen molar-refractivity contribution in [3.8, 4) is 0 Å². The monoisotopic (exact) mass is 192 g/mol. The first-order valence-corrected chi connectivity index (χ1v) is 4.48. The van der Waals surface area contributed by atoms with E-state index in [0.29, 0.717) is 0 Å². The molecule has 0 aromatic heterocycles. The van der Waals surface area contributed by atoms with Crippen LogP contribution in [0.1, 0.15) is 26.2 Å². The number of nitrogens with one attached hydrogen (secondary N) is 3. The van der Waals surface area contributed by atoms with Gasteiger partial charge in [-0.3, -0.25) is 5.41 Å². The SMILES string of the molecule is CC(CCCCNCl)NC(=N)N. The van der Waals surface area contributed by atoms with Crippen LogP contribution in [0.5, 0.6) is 0 Å². The molecule has 0 bridgehead atoms. The van der Waals surface area contributed by atoms with Gasteiger partial charge in [0.15, 0.2) is 5.96 Å². The van der Waals surface area contributed by atoms with Crippen LogP contribution in [-0.4, -0.2) is 18.5 Å². The molecule has 1 atom stereocenters. The van der Waals surface area contributed by atoms with Gasteiger partial charge in [-0.05, 0) is 31.5 Å².